The highest BCUT2D eigenvalue weighted by atomic mass is 35.5. The number of amidine groups is 1. The lowest BCUT2D eigenvalue weighted by Crippen LogP contribution is -2.39. The van der Waals surface area contributed by atoms with Gasteiger partial charge in [-0.25, -0.2) is 4.99 Å². The molecule has 0 radical (unpaired) electrons. The van der Waals surface area contributed by atoms with E-state index in [4.69, 9.17) is 27.8 Å². The van der Waals surface area contributed by atoms with Gasteiger partial charge in [0.1, 0.15) is 17.1 Å². The molecule has 2 rings (SSSR count). The molecule has 4 N–H and O–H groups in total. The number of nitrogens with zero attached hydrogens (tertiary/aromatic N) is 3. The Morgan fingerprint density at radius 1 is 1.54 bits per heavy atom. The fraction of sp³-hybridized carbons (Fsp3) is 0.562. The molecule has 0 aromatic carbocycles. The summed E-state index contributed by atoms with van der Waals surface area (Å²) >= 11 is 6.20. The van der Waals surface area contributed by atoms with E-state index in [1.54, 1.807) is 12.0 Å². The van der Waals surface area contributed by atoms with Crippen molar-refractivity contribution in [3.63, 3.8) is 0 Å². The van der Waals surface area contributed by atoms with Crippen molar-refractivity contribution in [3.05, 3.63) is 23.1 Å². The largest absolute Gasteiger partial charge is 0.496 e. The Morgan fingerprint density at radius 2 is 2.21 bits per heavy atom. The average molecular weight is 354 g/mol. The minimum absolute atomic E-state index is 0.0148. The molecule has 2 heterocycles. The summed E-state index contributed by atoms with van der Waals surface area (Å²) in [5, 5.41) is 0. The molecule has 1 fully saturated rings. The second-order valence-electron chi connectivity index (χ2n) is 6.11. The highest BCUT2D eigenvalue weighted by Gasteiger charge is 2.43. The number of fused-ring (bicyclic) bond motifs is 1. The van der Waals surface area contributed by atoms with Crippen molar-refractivity contribution in [2.75, 3.05) is 13.7 Å². The van der Waals surface area contributed by atoms with Crippen LogP contribution in [-0.4, -0.2) is 41.8 Å². The predicted molar refractivity (Wildman–Crippen MR) is 95.3 cm³/mol. The quantitative estimate of drug-likeness (QED) is 0.338. The summed E-state index contributed by atoms with van der Waals surface area (Å²) in [5.41, 5.74) is 12.6. The van der Waals surface area contributed by atoms with Crippen molar-refractivity contribution >= 4 is 29.3 Å². The number of ether oxygens (including phenoxy) is 1. The average Bonchev–Trinajstić information content (AvgIpc) is 2.84. The van der Waals surface area contributed by atoms with Gasteiger partial charge in [-0.2, -0.15) is 4.99 Å². The molecular weight excluding hydrogens is 330 g/mol. The first-order valence-electron chi connectivity index (χ1n) is 7.80. The van der Waals surface area contributed by atoms with E-state index in [9.17, 15) is 4.79 Å². The van der Waals surface area contributed by atoms with Crippen LogP contribution in [0.3, 0.4) is 0 Å². The Labute approximate surface area is 147 Å². The highest BCUT2D eigenvalue weighted by Crippen LogP contribution is 2.32. The van der Waals surface area contributed by atoms with Gasteiger partial charge in [0.15, 0.2) is 0 Å². The van der Waals surface area contributed by atoms with Crippen molar-refractivity contribution in [1.29, 1.82) is 0 Å². The molecule has 24 heavy (non-hydrogen) atoms. The van der Waals surface area contributed by atoms with E-state index in [1.165, 1.54) is 6.20 Å². The van der Waals surface area contributed by atoms with Crippen LogP contribution >= 0.6 is 11.6 Å². The number of likely N-dealkylation sites (tertiary alicyclic amines) is 1. The Hall–Kier alpha value is -2.02. The molecule has 0 aliphatic carbocycles. The number of guanidine groups is 1. The first-order chi connectivity index (χ1) is 11.3. The molecule has 1 saturated heterocycles. The summed E-state index contributed by atoms with van der Waals surface area (Å²) in [5.74, 6) is 1.27. The molecular formula is C16H24ClN5O2. The summed E-state index contributed by atoms with van der Waals surface area (Å²) in [6.07, 6.45) is 1.81. The van der Waals surface area contributed by atoms with Crippen LogP contribution in [0.1, 0.15) is 27.2 Å². The molecule has 3 atom stereocenters. The van der Waals surface area contributed by atoms with Crippen molar-refractivity contribution in [2.24, 2.45) is 33.3 Å². The smallest absolute Gasteiger partial charge is 0.228 e. The van der Waals surface area contributed by atoms with E-state index >= 15 is 0 Å². The molecule has 0 aromatic heterocycles. The van der Waals surface area contributed by atoms with Gasteiger partial charge in [-0.15, -0.1) is 0 Å². The SMILES string of the molecule is COC(/C(C)=C\N)=C(\C)C(C)CN1C(=O)CC2C1=NC(N)=NC2Cl. The molecule has 2 aliphatic rings. The Kier molecular flexibility index (Phi) is 5.54. The Balaban J connectivity index is 2.25. The van der Waals surface area contributed by atoms with Crippen molar-refractivity contribution in [1.82, 2.24) is 4.90 Å². The minimum Gasteiger partial charge on any atom is -0.496 e. The topological polar surface area (TPSA) is 106 Å². The van der Waals surface area contributed by atoms with Gasteiger partial charge in [0.25, 0.3) is 0 Å². The number of nitrogens with two attached hydrogens (primary N) is 2. The van der Waals surface area contributed by atoms with Gasteiger partial charge in [-0.1, -0.05) is 18.5 Å². The van der Waals surface area contributed by atoms with E-state index in [0.29, 0.717) is 18.8 Å². The third kappa shape index (κ3) is 3.40. The zero-order valence-corrected chi connectivity index (χ0v) is 15.2. The van der Waals surface area contributed by atoms with Crippen LogP contribution in [0.5, 0.6) is 0 Å². The van der Waals surface area contributed by atoms with Crippen LogP contribution < -0.4 is 11.5 Å². The molecule has 132 valence electrons. The summed E-state index contributed by atoms with van der Waals surface area (Å²) in [4.78, 5) is 22.3. The number of halogens is 1. The lowest BCUT2D eigenvalue weighted by molar-refractivity contribution is -0.126. The van der Waals surface area contributed by atoms with Crippen molar-refractivity contribution < 1.29 is 9.53 Å². The van der Waals surface area contributed by atoms with E-state index in [0.717, 1.165) is 16.9 Å². The molecule has 0 spiro atoms. The molecule has 1 amide bonds. The lowest BCUT2D eigenvalue weighted by atomic mass is 9.98. The van der Waals surface area contributed by atoms with Crippen LogP contribution in [0, 0.1) is 11.8 Å². The number of aliphatic imine (C=N–C) groups is 2. The molecule has 2 aliphatic heterocycles. The Morgan fingerprint density at radius 3 is 2.79 bits per heavy atom. The zero-order chi connectivity index (χ0) is 18.0. The van der Waals surface area contributed by atoms with Gasteiger partial charge in [0, 0.05) is 24.7 Å². The fourth-order valence-electron chi connectivity index (χ4n) is 2.98. The number of alkyl halides is 1. The van der Waals surface area contributed by atoms with Crippen LogP contribution in [0.25, 0.3) is 0 Å². The maximum Gasteiger partial charge on any atom is 0.228 e. The molecule has 0 aromatic rings. The maximum atomic E-state index is 12.4. The number of carbonyl (C=O) groups excluding carboxylic acids is 1. The number of carbonyl (C=O) groups is 1. The van der Waals surface area contributed by atoms with E-state index in [1.807, 2.05) is 20.8 Å². The number of rotatable bonds is 5. The van der Waals surface area contributed by atoms with Gasteiger partial charge in [-0.05, 0) is 25.3 Å². The first-order valence-corrected chi connectivity index (χ1v) is 8.23. The Bertz CT molecular complexity index is 653. The zero-order valence-electron chi connectivity index (χ0n) is 14.4. The number of hydrogen-bond acceptors (Lipinski definition) is 6. The van der Waals surface area contributed by atoms with Crippen LogP contribution in [0.2, 0.25) is 0 Å². The summed E-state index contributed by atoms with van der Waals surface area (Å²) in [6, 6.07) is 0. The van der Waals surface area contributed by atoms with Gasteiger partial charge in [0.2, 0.25) is 11.9 Å². The predicted octanol–water partition coefficient (Wildman–Crippen LogP) is 1.55. The second-order valence-corrected chi connectivity index (χ2v) is 6.56. The first kappa shape index (κ1) is 18.3. The van der Waals surface area contributed by atoms with Gasteiger partial charge >= 0.3 is 0 Å². The monoisotopic (exact) mass is 353 g/mol. The summed E-state index contributed by atoms with van der Waals surface area (Å²) in [7, 11) is 1.61. The van der Waals surface area contributed by atoms with Crippen LogP contribution in [0.4, 0.5) is 0 Å². The number of methoxy groups -OCH3 is 1. The standard InChI is InChI=1S/C16H24ClN5O2/c1-8(6-18)13(24-4)10(3)9(2)7-22-12(23)5-11-14(17)20-16(19)21-15(11)22/h6,9,11,14H,5,7,18H2,1-4H3,(H2,19,20)/b8-6-,13-10+. The molecule has 3 unspecified atom stereocenters. The van der Waals surface area contributed by atoms with Gasteiger partial charge in [-0.3, -0.25) is 9.69 Å². The van der Waals surface area contributed by atoms with E-state index in [-0.39, 0.29) is 23.7 Å². The normalized spacial score (nSPS) is 26.5. The third-order valence-electron chi connectivity index (χ3n) is 4.49. The van der Waals surface area contributed by atoms with Crippen LogP contribution in [0.15, 0.2) is 33.1 Å². The molecule has 8 heteroatoms. The summed E-state index contributed by atoms with van der Waals surface area (Å²) in [6.45, 7) is 6.35. The summed E-state index contributed by atoms with van der Waals surface area (Å²) < 4.78 is 5.46. The van der Waals surface area contributed by atoms with E-state index in [2.05, 4.69) is 9.98 Å². The number of hydrogen-bond donors (Lipinski definition) is 2. The van der Waals surface area contributed by atoms with Crippen molar-refractivity contribution in [2.45, 2.75) is 32.7 Å². The highest BCUT2D eigenvalue weighted by molar-refractivity contribution is 6.25. The van der Waals surface area contributed by atoms with Crippen molar-refractivity contribution in [3.8, 4) is 0 Å². The maximum absolute atomic E-state index is 12.4. The molecule has 0 saturated carbocycles. The molecule has 7 nitrogen and oxygen atoms in total. The lowest BCUT2D eigenvalue weighted by Gasteiger charge is -2.26. The fourth-order valence-corrected chi connectivity index (χ4v) is 3.28. The van der Waals surface area contributed by atoms with Gasteiger partial charge in [0.05, 0.1) is 13.0 Å². The molecule has 0 bridgehead atoms. The number of amides is 1. The van der Waals surface area contributed by atoms with Crippen LogP contribution in [-0.2, 0) is 9.53 Å². The minimum atomic E-state index is -0.546. The second kappa shape index (κ2) is 7.25. The number of allylic oxidation sites excluding steroid dienone is 1. The van der Waals surface area contributed by atoms with E-state index < -0.39 is 5.50 Å². The van der Waals surface area contributed by atoms with Gasteiger partial charge < -0.3 is 16.2 Å². The third-order valence-corrected chi connectivity index (χ3v) is 4.89.